The number of rotatable bonds is 12. The maximum Gasteiger partial charge on any atom is 0.246 e. The van der Waals surface area contributed by atoms with Crippen LogP contribution in [0, 0.1) is 0 Å². The van der Waals surface area contributed by atoms with Crippen molar-refractivity contribution in [3.05, 3.63) is 50.6 Å². The van der Waals surface area contributed by atoms with E-state index in [2.05, 4.69) is 47.6 Å². The molecule has 0 aliphatic carbocycles. The van der Waals surface area contributed by atoms with Crippen molar-refractivity contribution in [1.29, 1.82) is 0 Å². The molecule has 0 saturated heterocycles. The summed E-state index contributed by atoms with van der Waals surface area (Å²) in [6, 6.07) is 0. The van der Waals surface area contributed by atoms with E-state index in [1.165, 1.54) is 0 Å². The second-order valence-electron chi connectivity index (χ2n) is 4.94. The monoisotopic (exact) mass is 348 g/mol. The van der Waals surface area contributed by atoms with Crippen molar-refractivity contribution in [3.63, 3.8) is 0 Å². The number of hydrogen-bond donors (Lipinski definition) is 4. The lowest BCUT2D eigenvalue weighted by molar-refractivity contribution is -0.126. The number of unbranched alkanes of at least 4 members (excludes halogenated alkanes) is 1. The fraction of sp³-hybridized carbons (Fsp3) is 0.294. The van der Waals surface area contributed by atoms with E-state index in [9.17, 15) is 19.2 Å². The van der Waals surface area contributed by atoms with Gasteiger partial charge in [0.25, 0.3) is 0 Å². The fourth-order valence-electron chi connectivity index (χ4n) is 1.86. The molecule has 0 aromatic rings. The first-order valence-electron chi connectivity index (χ1n) is 7.56. The molecule has 0 aromatic carbocycles. The Morgan fingerprint density at radius 3 is 1.44 bits per heavy atom. The SMILES string of the molecule is C=CC(=O)NCCCCC(NC(=O)C=C)(NC(=O)C=C)NC(=O)C=C. The Balaban J connectivity index is 5.13. The summed E-state index contributed by atoms with van der Waals surface area (Å²) in [5.74, 6) is -3.60. The number of hydrogen-bond acceptors (Lipinski definition) is 4. The molecule has 0 aliphatic heterocycles. The molecule has 25 heavy (non-hydrogen) atoms. The van der Waals surface area contributed by atoms with E-state index in [-0.39, 0.29) is 12.3 Å². The number of carbonyl (C=O) groups excluding carboxylic acids is 4. The van der Waals surface area contributed by atoms with Crippen molar-refractivity contribution >= 4 is 23.6 Å². The molecule has 0 radical (unpaired) electrons. The van der Waals surface area contributed by atoms with E-state index in [1.807, 2.05) is 0 Å². The van der Waals surface area contributed by atoms with Crippen LogP contribution in [0.2, 0.25) is 0 Å². The first-order valence-corrected chi connectivity index (χ1v) is 7.56. The highest BCUT2D eigenvalue weighted by Gasteiger charge is 2.33. The molecule has 136 valence electrons. The first kappa shape index (κ1) is 21.8. The van der Waals surface area contributed by atoms with Crippen molar-refractivity contribution in [2.75, 3.05) is 6.54 Å². The molecule has 8 heteroatoms. The van der Waals surface area contributed by atoms with E-state index in [0.717, 1.165) is 24.3 Å². The molecule has 0 rings (SSSR count). The van der Waals surface area contributed by atoms with Gasteiger partial charge >= 0.3 is 0 Å². The van der Waals surface area contributed by atoms with Gasteiger partial charge in [-0.05, 0) is 37.1 Å². The number of carbonyl (C=O) groups is 4. The lowest BCUT2D eigenvalue weighted by atomic mass is 10.1. The third-order valence-corrected chi connectivity index (χ3v) is 3.03. The minimum Gasteiger partial charge on any atom is -0.353 e. The molecule has 0 aliphatic rings. The van der Waals surface area contributed by atoms with Crippen LogP contribution in [0.5, 0.6) is 0 Å². The van der Waals surface area contributed by atoms with Gasteiger partial charge < -0.3 is 21.3 Å². The Morgan fingerprint density at radius 2 is 1.08 bits per heavy atom. The van der Waals surface area contributed by atoms with Crippen LogP contribution in [0.15, 0.2) is 50.6 Å². The van der Waals surface area contributed by atoms with E-state index < -0.39 is 23.5 Å². The average Bonchev–Trinajstić information content (AvgIpc) is 2.60. The topological polar surface area (TPSA) is 116 Å². The van der Waals surface area contributed by atoms with Crippen LogP contribution in [0.4, 0.5) is 0 Å². The molecule has 0 spiro atoms. The zero-order valence-electron chi connectivity index (χ0n) is 14.1. The molecule has 8 nitrogen and oxygen atoms in total. The van der Waals surface area contributed by atoms with Crippen molar-refractivity contribution in [3.8, 4) is 0 Å². The normalized spacial score (nSPS) is 9.92. The largest absolute Gasteiger partial charge is 0.353 e. The van der Waals surface area contributed by atoms with Gasteiger partial charge in [0.1, 0.15) is 0 Å². The van der Waals surface area contributed by atoms with Gasteiger partial charge in [0.15, 0.2) is 5.79 Å². The maximum atomic E-state index is 11.7. The van der Waals surface area contributed by atoms with Crippen LogP contribution in [-0.2, 0) is 19.2 Å². The summed E-state index contributed by atoms with van der Waals surface area (Å²) >= 11 is 0. The highest BCUT2D eigenvalue weighted by Crippen LogP contribution is 2.09. The summed E-state index contributed by atoms with van der Waals surface area (Å²) < 4.78 is 0. The zero-order chi connectivity index (χ0) is 19.3. The van der Waals surface area contributed by atoms with E-state index >= 15 is 0 Å². The molecule has 0 bridgehead atoms. The van der Waals surface area contributed by atoms with Gasteiger partial charge in [0, 0.05) is 13.0 Å². The molecular formula is C17H24N4O4. The second kappa shape index (κ2) is 11.4. The van der Waals surface area contributed by atoms with Crippen LogP contribution in [0.25, 0.3) is 0 Å². The van der Waals surface area contributed by atoms with E-state index in [1.54, 1.807) is 0 Å². The highest BCUT2D eigenvalue weighted by molar-refractivity contribution is 5.93. The van der Waals surface area contributed by atoms with Crippen LogP contribution in [0.3, 0.4) is 0 Å². The lowest BCUT2D eigenvalue weighted by Crippen LogP contribution is -2.69. The third-order valence-electron chi connectivity index (χ3n) is 3.03. The first-order chi connectivity index (χ1) is 11.8. The lowest BCUT2D eigenvalue weighted by Gasteiger charge is -2.35. The standard InChI is InChI=1S/C17H24N4O4/c1-5-13(22)18-12-10-9-11-17(19-14(23)6-2,20-15(24)7-3)21-16(25)8-4/h5-8H,1-4,9-12H2,(H,18,22)(H,19,23)(H,20,24)(H,21,25). The van der Waals surface area contributed by atoms with Gasteiger partial charge in [-0.3, -0.25) is 19.2 Å². The van der Waals surface area contributed by atoms with Crippen molar-refractivity contribution in [2.45, 2.75) is 25.0 Å². The maximum absolute atomic E-state index is 11.7. The van der Waals surface area contributed by atoms with Gasteiger partial charge in [-0.15, -0.1) is 0 Å². The Morgan fingerprint density at radius 1 is 0.680 bits per heavy atom. The molecule has 0 atom stereocenters. The van der Waals surface area contributed by atoms with Crippen LogP contribution in [0.1, 0.15) is 19.3 Å². The number of amides is 4. The molecule has 4 amide bonds. The van der Waals surface area contributed by atoms with Crippen LogP contribution >= 0.6 is 0 Å². The van der Waals surface area contributed by atoms with Crippen LogP contribution < -0.4 is 21.3 Å². The summed E-state index contributed by atoms with van der Waals surface area (Å²) in [5, 5.41) is 10.1. The van der Waals surface area contributed by atoms with Crippen molar-refractivity contribution in [1.82, 2.24) is 21.3 Å². The van der Waals surface area contributed by atoms with E-state index in [0.29, 0.717) is 19.4 Å². The zero-order valence-corrected chi connectivity index (χ0v) is 14.1. The quantitative estimate of drug-likeness (QED) is 0.226. The summed E-state index contributed by atoms with van der Waals surface area (Å²) in [6.07, 6.45) is 5.36. The van der Waals surface area contributed by atoms with Gasteiger partial charge in [-0.25, -0.2) is 0 Å². The van der Waals surface area contributed by atoms with Gasteiger partial charge in [0.05, 0.1) is 0 Å². The Bertz CT molecular complexity index is 514. The summed E-state index contributed by atoms with van der Waals surface area (Å²) in [5.41, 5.74) is 0. The fourth-order valence-corrected chi connectivity index (χ4v) is 1.86. The van der Waals surface area contributed by atoms with Gasteiger partial charge in [0.2, 0.25) is 23.6 Å². The molecule has 0 saturated carbocycles. The summed E-state index contributed by atoms with van der Waals surface area (Å²) in [7, 11) is 0. The Kier molecular flexibility index (Phi) is 9.95. The molecule has 0 heterocycles. The number of nitrogens with one attached hydrogen (secondary N) is 4. The average molecular weight is 348 g/mol. The molecule has 0 unspecified atom stereocenters. The Labute approximate surface area is 147 Å². The van der Waals surface area contributed by atoms with Crippen molar-refractivity contribution < 1.29 is 19.2 Å². The van der Waals surface area contributed by atoms with E-state index in [4.69, 9.17) is 0 Å². The summed E-state index contributed by atoms with van der Waals surface area (Å²) in [6.45, 7) is 13.8. The predicted molar refractivity (Wildman–Crippen MR) is 94.8 cm³/mol. The summed E-state index contributed by atoms with van der Waals surface area (Å²) in [4.78, 5) is 46.3. The second-order valence-corrected chi connectivity index (χ2v) is 4.94. The van der Waals surface area contributed by atoms with Gasteiger partial charge in [-0.1, -0.05) is 26.3 Å². The van der Waals surface area contributed by atoms with Crippen molar-refractivity contribution in [2.24, 2.45) is 0 Å². The highest BCUT2D eigenvalue weighted by atomic mass is 16.2. The predicted octanol–water partition coefficient (Wildman–Crippen LogP) is 0.0193. The van der Waals surface area contributed by atoms with Gasteiger partial charge in [-0.2, -0.15) is 0 Å². The van der Waals surface area contributed by atoms with Crippen LogP contribution in [-0.4, -0.2) is 36.0 Å². The molecule has 0 aromatic heterocycles. The molecule has 4 N–H and O–H groups in total. The molecular weight excluding hydrogens is 324 g/mol. The minimum atomic E-state index is -1.54. The Hall–Kier alpha value is -3.16. The minimum absolute atomic E-state index is 0.162. The smallest absolute Gasteiger partial charge is 0.246 e. The third kappa shape index (κ3) is 8.89. The molecule has 0 fully saturated rings.